The van der Waals surface area contributed by atoms with E-state index in [-0.39, 0.29) is 6.92 Å². The van der Waals surface area contributed by atoms with Crippen LogP contribution < -0.4 is 4.72 Å². The van der Waals surface area contributed by atoms with Gasteiger partial charge in [-0.15, -0.1) is 0 Å². The molecule has 0 fully saturated rings. The minimum absolute atomic E-state index is 0.273. The zero-order chi connectivity index (χ0) is 15.0. The molecule has 0 aromatic carbocycles. The molecule has 0 spiro atoms. The number of alkyl halides is 3. The Kier molecular flexibility index (Phi) is 4.47. The minimum Gasteiger partial charge on any atom is -0.480 e. The van der Waals surface area contributed by atoms with Gasteiger partial charge in [0.15, 0.2) is 0 Å². The van der Waals surface area contributed by atoms with Gasteiger partial charge in [-0.3, -0.25) is 0 Å². The molecule has 0 amide bonds. The van der Waals surface area contributed by atoms with Crippen LogP contribution in [0.4, 0.5) is 13.2 Å². The van der Waals surface area contributed by atoms with Gasteiger partial charge in [0.1, 0.15) is 0 Å². The average molecular weight is 291 g/mol. The number of halogens is 3. The molecule has 0 aliphatic carbocycles. The number of rotatable bonds is 4. The fraction of sp³-hybridized carbons (Fsp3) is 0.889. The molecular formula is C9H16F3NO4S. The van der Waals surface area contributed by atoms with E-state index in [9.17, 15) is 26.4 Å². The summed E-state index contributed by atoms with van der Waals surface area (Å²) in [6.45, 7) is 4.81. The van der Waals surface area contributed by atoms with Gasteiger partial charge in [-0.05, 0) is 12.3 Å². The summed E-state index contributed by atoms with van der Waals surface area (Å²) < 4.78 is 62.1. The lowest BCUT2D eigenvalue weighted by Crippen LogP contribution is -2.62. The quantitative estimate of drug-likeness (QED) is 0.819. The Morgan fingerprint density at radius 1 is 1.17 bits per heavy atom. The number of hydrogen-bond acceptors (Lipinski definition) is 3. The highest BCUT2D eigenvalue weighted by molar-refractivity contribution is 7.89. The third kappa shape index (κ3) is 4.45. The Labute approximate surface area is 103 Å². The zero-order valence-corrected chi connectivity index (χ0v) is 11.2. The molecule has 0 aromatic heterocycles. The second-order valence-electron chi connectivity index (χ2n) is 5.35. The molecule has 0 saturated heterocycles. The van der Waals surface area contributed by atoms with Crippen molar-refractivity contribution in [2.24, 2.45) is 5.41 Å². The molecule has 0 rings (SSSR count). The first-order valence-electron chi connectivity index (χ1n) is 4.92. The highest BCUT2D eigenvalue weighted by Crippen LogP contribution is 2.31. The summed E-state index contributed by atoms with van der Waals surface area (Å²) in [5.74, 6) is -2.91. The van der Waals surface area contributed by atoms with Crippen molar-refractivity contribution in [2.75, 3.05) is 5.75 Å². The molecule has 0 aromatic rings. The van der Waals surface area contributed by atoms with E-state index in [4.69, 9.17) is 5.11 Å². The Morgan fingerprint density at radius 3 is 1.78 bits per heavy atom. The van der Waals surface area contributed by atoms with Crippen molar-refractivity contribution < 1.29 is 31.5 Å². The normalized spacial score (nSPS) is 17.3. The summed E-state index contributed by atoms with van der Waals surface area (Å²) in [5.41, 5.74) is -4.33. The molecule has 1 atom stereocenters. The smallest absolute Gasteiger partial charge is 0.418 e. The summed E-state index contributed by atoms with van der Waals surface area (Å²) in [6.07, 6.45) is -5.23. The molecule has 0 aliphatic rings. The molecule has 0 aliphatic heterocycles. The molecule has 0 heterocycles. The first-order chi connectivity index (χ1) is 7.61. The summed E-state index contributed by atoms with van der Waals surface area (Å²) in [5, 5.41) is 8.58. The topological polar surface area (TPSA) is 83.5 Å². The molecule has 18 heavy (non-hydrogen) atoms. The molecule has 0 bridgehead atoms. The first kappa shape index (κ1) is 17.2. The molecule has 0 radical (unpaired) electrons. The van der Waals surface area contributed by atoms with Crippen molar-refractivity contribution >= 4 is 16.0 Å². The molecule has 9 heteroatoms. The lowest BCUT2D eigenvalue weighted by atomic mass is 10.0. The van der Waals surface area contributed by atoms with Crippen molar-refractivity contribution in [3.8, 4) is 0 Å². The fourth-order valence-electron chi connectivity index (χ4n) is 1.14. The van der Waals surface area contributed by atoms with E-state index in [2.05, 4.69) is 0 Å². The van der Waals surface area contributed by atoms with Gasteiger partial charge < -0.3 is 5.11 Å². The number of carboxylic acid groups (broad SMARTS) is 1. The van der Waals surface area contributed by atoms with Crippen molar-refractivity contribution in [2.45, 2.75) is 39.4 Å². The van der Waals surface area contributed by atoms with Crippen molar-refractivity contribution in [3.63, 3.8) is 0 Å². The maximum absolute atomic E-state index is 12.6. The van der Waals surface area contributed by atoms with E-state index in [1.54, 1.807) is 0 Å². The highest BCUT2D eigenvalue weighted by Gasteiger charge is 2.59. The first-order valence-corrected chi connectivity index (χ1v) is 6.58. The van der Waals surface area contributed by atoms with Gasteiger partial charge in [-0.25, -0.2) is 13.2 Å². The van der Waals surface area contributed by atoms with E-state index < -0.39 is 38.9 Å². The largest absolute Gasteiger partial charge is 0.480 e. The van der Waals surface area contributed by atoms with Gasteiger partial charge >= 0.3 is 12.1 Å². The molecule has 0 saturated carbocycles. The van der Waals surface area contributed by atoms with Gasteiger partial charge in [0.05, 0.1) is 5.75 Å². The van der Waals surface area contributed by atoms with E-state index >= 15 is 0 Å². The SMILES string of the molecule is CC(C)(C)CS(=O)(=O)NC(C)(C(=O)O)C(F)(F)F. The van der Waals surface area contributed by atoms with Crippen LogP contribution in [0.15, 0.2) is 0 Å². The van der Waals surface area contributed by atoms with Crippen LogP contribution in [0.5, 0.6) is 0 Å². The summed E-state index contributed by atoms with van der Waals surface area (Å²) in [4.78, 5) is 10.7. The van der Waals surface area contributed by atoms with Crippen LogP contribution >= 0.6 is 0 Å². The van der Waals surface area contributed by atoms with Crippen LogP contribution in [0, 0.1) is 5.41 Å². The standard InChI is InChI=1S/C9H16F3NO4S/c1-7(2,3)5-18(16,17)13-8(4,6(14)15)9(10,11)12/h13H,5H2,1-4H3,(H,14,15). The van der Waals surface area contributed by atoms with Gasteiger partial charge in [0.25, 0.3) is 0 Å². The summed E-state index contributed by atoms with van der Waals surface area (Å²) in [6, 6.07) is 0. The zero-order valence-electron chi connectivity index (χ0n) is 10.4. The van der Waals surface area contributed by atoms with E-state index in [1.165, 1.54) is 25.5 Å². The van der Waals surface area contributed by atoms with Crippen LogP contribution in [-0.4, -0.2) is 37.0 Å². The number of sulfonamides is 1. The number of carbonyl (C=O) groups is 1. The third-order valence-electron chi connectivity index (χ3n) is 1.98. The van der Waals surface area contributed by atoms with Crippen LogP contribution in [-0.2, 0) is 14.8 Å². The van der Waals surface area contributed by atoms with E-state index in [0.717, 1.165) is 0 Å². The summed E-state index contributed by atoms with van der Waals surface area (Å²) >= 11 is 0. The third-order valence-corrected chi connectivity index (χ3v) is 3.94. The van der Waals surface area contributed by atoms with E-state index in [1.807, 2.05) is 0 Å². The second-order valence-corrected chi connectivity index (χ2v) is 7.07. The molecule has 108 valence electrons. The number of carboxylic acids is 1. The van der Waals surface area contributed by atoms with Gasteiger partial charge in [0.2, 0.25) is 15.6 Å². The lowest BCUT2D eigenvalue weighted by molar-refractivity contribution is -0.201. The Morgan fingerprint density at radius 2 is 1.56 bits per heavy atom. The number of hydrogen-bond donors (Lipinski definition) is 2. The second kappa shape index (κ2) is 4.69. The number of aliphatic carboxylic acids is 1. The minimum atomic E-state index is -5.23. The van der Waals surface area contributed by atoms with Crippen LogP contribution in [0.1, 0.15) is 27.7 Å². The maximum Gasteiger partial charge on any atom is 0.418 e. The Hall–Kier alpha value is -0.830. The average Bonchev–Trinajstić information content (AvgIpc) is 1.94. The molecular weight excluding hydrogens is 275 g/mol. The predicted octanol–water partition coefficient (Wildman–Crippen LogP) is 1.36. The summed E-state index contributed by atoms with van der Waals surface area (Å²) in [7, 11) is -4.38. The Bertz CT molecular complexity index is 424. The van der Waals surface area contributed by atoms with Crippen molar-refractivity contribution in [1.29, 1.82) is 0 Å². The van der Waals surface area contributed by atoms with Crippen LogP contribution in [0.25, 0.3) is 0 Å². The molecule has 1 unspecified atom stereocenters. The monoisotopic (exact) mass is 291 g/mol. The van der Waals surface area contributed by atoms with Gasteiger partial charge in [-0.2, -0.15) is 17.9 Å². The van der Waals surface area contributed by atoms with Crippen molar-refractivity contribution in [3.05, 3.63) is 0 Å². The lowest BCUT2D eigenvalue weighted by Gasteiger charge is -2.29. The van der Waals surface area contributed by atoms with E-state index in [0.29, 0.717) is 0 Å². The van der Waals surface area contributed by atoms with Gasteiger partial charge in [-0.1, -0.05) is 20.8 Å². The van der Waals surface area contributed by atoms with Gasteiger partial charge in [0, 0.05) is 0 Å². The predicted molar refractivity (Wildman–Crippen MR) is 58.5 cm³/mol. The molecule has 2 N–H and O–H groups in total. The molecule has 5 nitrogen and oxygen atoms in total. The highest BCUT2D eigenvalue weighted by atomic mass is 32.2. The Balaban J connectivity index is 5.34. The fourth-order valence-corrected chi connectivity index (χ4v) is 3.18. The van der Waals surface area contributed by atoms with Crippen LogP contribution in [0.2, 0.25) is 0 Å². The van der Waals surface area contributed by atoms with Crippen LogP contribution in [0.3, 0.4) is 0 Å². The van der Waals surface area contributed by atoms with Crippen molar-refractivity contribution in [1.82, 2.24) is 4.72 Å². The number of nitrogens with one attached hydrogen (secondary N) is 1. The maximum atomic E-state index is 12.6.